The minimum atomic E-state index is -0.880. The van der Waals surface area contributed by atoms with Gasteiger partial charge in [0.05, 0.1) is 23.7 Å². The quantitative estimate of drug-likeness (QED) is 0.304. The first-order chi connectivity index (χ1) is 19.8. The van der Waals surface area contributed by atoms with Crippen LogP contribution in [0.2, 0.25) is 5.02 Å². The molecule has 1 saturated heterocycles. The number of para-hydroxylation sites is 1. The fourth-order valence-corrected chi connectivity index (χ4v) is 8.13. The highest BCUT2D eigenvalue weighted by molar-refractivity contribution is 8.00. The second-order valence-electron chi connectivity index (χ2n) is 9.45. The molecule has 2 unspecified atom stereocenters. The number of rotatable bonds is 6. The largest absolute Gasteiger partial charge is 0.496 e. The number of aromatic nitrogens is 1. The summed E-state index contributed by atoms with van der Waals surface area (Å²) in [5.41, 5.74) is 1.42. The van der Waals surface area contributed by atoms with Gasteiger partial charge in [0.1, 0.15) is 23.4 Å². The van der Waals surface area contributed by atoms with Crippen molar-refractivity contribution >= 4 is 63.8 Å². The van der Waals surface area contributed by atoms with Gasteiger partial charge in [0.15, 0.2) is 0 Å². The molecule has 1 aromatic heterocycles. The molecule has 6 rings (SSSR count). The van der Waals surface area contributed by atoms with Crippen molar-refractivity contribution in [2.24, 2.45) is 5.92 Å². The lowest BCUT2D eigenvalue weighted by molar-refractivity contribution is -0.122. The third-order valence-electron chi connectivity index (χ3n) is 7.04. The molecule has 41 heavy (non-hydrogen) atoms. The topological polar surface area (TPSA) is 97.7 Å². The SMILES string of the molecule is COc1ccccc1[C@H]1c2sc(=O)n(CC(=O)Nc3ccc(Cl)cc3)c2SC2C(=O)N(c3ccc(F)cc3)C(=O)C21. The number of methoxy groups -OCH3 is 1. The van der Waals surface area contributed by atoms with E-state index in [1.807, 2.05) is 0 Å². The number of fused-ring (bicyclic) bond motifs is 2. The molecule has 4 aromatic rings. The molecular formula is C29H21ClFN3O5S2. The highest BCUT2D eigenvalue weighted by Gasteiger charge is 2.57. The first-order valence-corrected chi connectivity index (χ1v) is 14.6. The lowest BCUT2D eigenvalue weighted by Gasteiger charge is -2.31. The van der Waals surface area contributed by atoms with Crippen LogP contribution < -0.4 is 19.8 Å². The molecule has 0 aliphatic carbocycles. The number of nitrogens with one attached hydrogen (secondary N) is 1. The van der Waals surface area contributed by atoms with Gasteiger partial charge in [0.25, 0.3) is 0 Å². The van der Waals surface area contributed by atoms with Crippen LogP contribution in [0, 0.1) is 11.7 Å². The zero-order chi connectivity index (χ0) is 28.8. The van der Waals surface area contributed by atoms with Gasteiger partial charge in [-0.1, -0.05) is 52.9 Å². The third kappa shape index (κ3) is 4.83. The molecule has 3 heterocycles. The van der Waals surface area contributed by atoms with Crippen LogP contribution in [0.4, 0.5) is 15.8 Å². The number of hydrogen-bond acceptors (Lipinski definition) is 7. The van der Waals surface area contributed by atoms with Crippen LogP contribution in [0.25, 0.3) is 0 Å². The van der Waals surface area contributed by atoms with Gasteiger partial charge >= 0.3 is 4.87 Å². The summed E-state index contributed by atoms with van der Waals surface area (Å²) in [5, 5.41) is 2.84. The third-order valence-corrected chi connectivity index (χ3v) is 9.89. The summed E-state index contributed by atoms with van der Waals surface area (Å²) in [4.78, 5) is 55.2. The van der Waals surface area contributed by atoms with Crippen LogP contribution in [-0.2, 0) is 20.9 Å². The number of carbonyl (C=O) groups excluding carboxylic acids is 3. The van der Waals surface area contributed by atoms with E-state index in [0.717, 1.165) is 28.0 Å². The number of thioether (sulfide) groups is 1. The Balaban J connectivity index is 1.43. The van der Waals surface area contributed by atoms with Crippen molar-refractivity contribution in [3.8, 4) is 5.75 Å². The summed E-state index contributed by atoms with van der Waals surface area (Å²) in [6.45, 7) is -0.292. The molecule has 12 heteroatoms. The average molecular weight is 610 g/mol. The van der Waals surface area contributed by atoms with E-state index in [1.54, 1.807) is 48.5 Å². The number of thiazole rings is 1. The molecule has 0 spiro atoms. The standard InChI is InChI=1S/C29H21ClFN3O5S2/c1-39-20-5-3-2-4-19(20)22-23-24(27(37)34(26(23)36)18-12-8-16(31)9-13-18)40-28-25(22)41-29(38)33(28)14-21(35)32-17-10-6-15(30)7-11-17/h2-13,22-24H,14H2,1H3,(H,32,35)/t22-,23?,24?/m1/s1. The van der Waals surface area contributed by atoms with Gasteiger partial charge in [-0.05, 0) is 54.6 Å². The molecule has 3 aromatic carbocycles. The van der Waals surface area contributed by atoms with Crippen LogP contribution in [0.1, 0.15) is 16.4 Å². The number of amides is 3. The Kier molecular flexibility index (Phi) is 7.18. The summed E-state index contributed by atoms with van der Waals surface area (Å²) in [5.74, 6) is -2.89. The van der Waals surface area contributed by atoms with E-state index in [1.165, 1.54) is 35.9 Å². The van der Waals surface area contributed by atoms with E-state index < -0.39 is 40.6 Å². The Morgan fingerprint density at radius 3 is 2.41 bits per heavy atom. The molecule has 0 bridgehead atoms. The molecule has 0 radical (unpaired) electrons. The number of carbonyl (C=O) groups is 3. The van der Waals surface area contributed by atoms with Crippen molar-refractivity contribution in [2.45, 2.75) is 22.7 Å². The number of imide groups is 1. The summed E-state index contributed by atoms with van der Waals surface area (Å²) >= 11 is 7.97. The monoisotopic (exact) mass is 609 g/mol. The van der Waals surface area contributed by atoms with Crippen LogP contribution in [0.3, 0.4) is 0 Å². The van der Waals surface area contributed by atoms with Crippen molar-refractivity contribution in [2.75, 3.05) is 17.3 Å². The minimum Gasteiger partial charge on any atom is -0.496 e. The number of anilines is 2. The Morgan fingerprint density at radius 1 is 1.00 bits per heavy atom. The summed E-state index contributed by atoms with van der Waals surface area (Å²) in [7, 11) is 1.51. The Morgan fingerprint density at radius 2 is 1.71 bits per heavy atom. The van der Waals surface area contributed by atoms with E-state index in [2.05, 4.69) is 5.32 Å². The Hall–Kier alpha value is -3.93. The van der Waals surface area contributed by atoms with Crippen LogP contribution in [-0.4, -0.2) is 34.6 Å². The van der Waals surface area contributed by atoms with Gasteiger partial charge in [-0.15, -0.1) is 0 Å². The predicted molar refractivity (Wildman–Crippen MR) is 156 cm³/mol. The maximum atomic E-state index is 13.9. The summed E-state index contributed by atoms with van der Waals surface area (Å²) < 4.78 is 20.6. The molecule has 0 saturated carbocycles. The molecule has 208 valence electrons. The normalized spacial score (nSPS) is 19.6. The van der Waals surface area contributed by atoms with Gasteiger partial charge in [-0.2, -0.15) is 0 Å². The van der Waals surface area contributed by atoms with Gasteiger partial charge in [-0.3, -0.25) is 23.7 Å². The Bertz CT molecular complexity index is 1740. The van der Waals surface area contributed by atoms with Crippen LogP contribution >= 0.6 is 34.7 Å². The molecule has 2 aliphatic rings. The van der Waals surface area contributed by atoms with E-state index in [-0.39, 0.29) is 17.1 Å². The molecule has 3 atom stereocenters. The molecular weight excluding hydrogens is 589 g/mol. The van der Waals surface area contributed by atoms with Crippen molar-refractivity contribution in [1.29, 1.82) is 0 Å². The maximum absolute atomic E-state index is 13.9. The average Bonchev–Trinajstić information content (AvgIpc) is 3.41. The van der Waals surface area contributed by atoms with Crippen molar-refractivity contribution in [3.05, 3.63) is 104 Å². The van der Waals surface area contributed by atoms with Crippen molar-refractivity contribution < 1.29 is 23.5 Å². The minimum absolute atomic E-state index is 0.262. The second kappa shape index (κ2) is 10.8. The summed E-state index contributed by atoms with van der Waals surface area (Å²) in [6.07, 6.45) is 0. The fourth-order valence-electron chi connectivity index (χ4n) is 5.24. The van der Waals surface area contributed by atoms with Crippen molar-refractivity contribution in [1.82, 2.24) is 4.57 Å². The van der Waals surface area contributed by atoms with Gasteiger partial charge in [0, 0.05) is 27.1 Å². The Labute approximate surface area is 246 Å². The molecule has 1 N–H and O–H groups in total. The second-order valence-corrected chi connectivity index (χ2v) is 12.0. The fraction of sp³-hybridized carbons (Fsp3) is 0.172. The summed E-state index contributed by atoms with van der Waals surface area (Å²) in [6, 6.07) is 18.9. The lowest BCUT2D eigenvalue weighted by atomic mass is 9.82. The highest BCUT2D eigenvalue weighted by atomic mass is 35.5. The van der Waals surface area contributed by atoms with E-state index in [0.29, 0.717) is 31.9 Å². The predicted octanol–water partition coefficient (Wildman–Crippen LogP) is 5.15. The highest BCUT2D eigenvalue weighted by Crippen LogP contribution is 2.55. The molecule has 1 fully saturated rings. The number of ether oxygens (including phenoxy) is 1. The number of halogens is 2. The van der Waals surface area contributed by atoms with Gasteiger partial charge in [-0.25, -0.2) is 9.29 Å². The van der Waals surface area contributed by atoms with Crippen LogP contribution in [0.15, 0.2) is 82.6 Å². The maximum Gasteiger partial charge on any atom is 0.308 e. The zero-order valence-electron chi connectivity index (χ0n) is 21.4. The lowest BCUT2D eigenvalue weighted by Crippen LogP contribution is -2.33. The van der Waals surface area contributed by atoms with Gasteiger partial charge in [0.2, 0.25) is 17.7 Å². The smallest absolute Gasteiger partial charge is 0.308 e. The molecule has 3 amide bonds. The van der Waals surface area contributed by atoms with E-state index in [9.17, 15) is 23.6 Å². The molecule has 8 nitrogen and oxygen atoms in total. The van der Waals surface area contributed by atoms with Crippen molar-refractivity contribution in [3.63, 3.8) is 0 Å². The number of hydrogen-bond donors (Lipinski definition) is 1. The number of nitrogens with zero attached hydrogens (tertiary/aromatic N) is 2. The van der Waals surface area contributed by atoms with Gasteiger partial charge < -0.3 is 10.1 Å². The number of benzene rings is 3. The van der Waals surface area contributed by atoms with E-state index in [4.69, 9.17) is 16.3 Å². The first-order valence-electron chi connectivity index (χ1n) is 12.5. The molecule has 2 aliphatic heterocycles. The zero-order valence-corrected chi connectivity index (χ0v) is 23.8. The first kappa shape index (κ1) is 27.3. The van der Waals surface area contributed by atoms with Crippen LogP contribution in [0.5, 0.6) is 5.75 Å². The van der Waals surface area contributed by atoms with E-state index >= 15 is 0 Å².